The Kier molecular flexibility index (Phi) is 4.45. The fourth-order valence-corrected chi connectivity index (χ4v) is 2.60. The van der Waals surface area contributed by atoms with E-state index in [9.17, 15) is 4.39 Å². The van der Waals surface area contributed by atoms with Gasteiger partial charge in [0.05, 0.1) is 23.0 Å². The Morgan fingerprint density at radius 3 is 2.65 bits per heavy atom. The summed E-state index contributed by atoms with van der Waals surface area (Å²) in [6, 6.07) is 5.21. The maximum Gasteiger partial charge on any atom is 0.131 e. The van der Waals surface area contributed by atoms with Gasteiger partial charge in [0.25, 0.3) is 0 Å². The molecule has 0 fully saturated rings. The molecule has 1 atom stereocenters. The van der Waals surface area contributed by atoms with Gasteiger partial charge in [0.2, 0.25) is 0 Å². The molecule has 0 aliphatic heterocycles. The van der Waals surface area contributed by atoms with E-state index in [1.165, 1.54) is 0 Å². The molecule has 1 aromatic carbocycles. The molecule has 1 heterocycles. The molecule has 0 spiro atoms. The maximum absolute atomic E-state index is 14.4. The highest BCUT2D eigenvalue weighted by atomic mass is 35.5. The van der Waals surface area contributed by atoms with Gasteiger partial charge in [-0.05, 0) is 33.4 Å². The molecule has 1 aromatic heterocycles. The molecular weight excluding hydrogens is 277 g/mol. The zero-order valence-corrected chi connectivity index (χ0v) is 12.9. The third-order valence-corrected chi connectivity index (χ3v) is 3.66. The van der Waals surface area contributed by atoms with E-state index in [-0.39, 0.29) is 17.9 Å². The Labute approximate surface area is 123 Å². The van der Waals surface area contributed by atoms with Crippen LogP contribution < -0.4 is 5.32 Å². The zero-order chi connectivity index (χ0) is 14.9. The van der Waals surface area contributed by atoms with Gasteiger partial charge >= 0.3 is 0 Å². The molecule has 0 aliphatic rings. The van der Waals surface area contributed by atoms with Crippen LogP contribution in [0.1, 0.15) is 42.8 Å². The van der Waals surface area contributed by atoms with Gasteiger partial charge in [0, 0.05) is 11.6 Å². The number of halogens is 2. The third-order valence-electron chi connectivity index (χ3n) is 3.37. The number of nitrogens with zero attached hydrogens (tertiary/aromatic N) is 2. The molecule has 3 nitrogen and oxygen atoms in total. The van der Waals surface area contributed by atoms with Crippen LogP contribution in [-0.2, 0) is 0 Å². The predicted octanol–water partition coefficient (Wildman–Crippen LogP) is 3.87. The van der Waals surface area contributed by atoms with Gasteiger partial charge in [0.15, 0.2) is 0 Å². The molecule has 0 saturated carbocycles. The van der Waals surface area contributed by atoms with Crippen molar-refractivity contribution in [2.24, 2.45) is 0 Å². The van der Waals surface area contributed by atoms with Gasteiger partial charge in [-0.1, -0.05) is 29.8 Å². The smallest absolute Gasteiger partial charge is 0.131 e. The van der Waals surface area contributed by atoms with Crippen LogP contribution in [0.5, 0.6) is 0 Å². The first kappa shape index (κ1) is 15.0. The molecular formula is C15H19ClFN3. The van der Waals surface area contributed by atoms with E-state index < -0.39 is 0 Å². The minimum Gasteiger partial charge on any atom is -0.308 e. The molecule has 108 valence electrons. The summed E-state index contributed by atoms with van der Waals surface area (Å²) in [6.07, 6.45) is 1.61. The van der Waals surface area contributed by atoms with E-state index in [0.29, 0.717) is 16.1 Å². The molecule has 0 saturated heterocycles. The summed E-state index contributed by atoms with van der Waals surface area (Å²) in [5, 5.41) is 7.96. The van der Waals surface area contributed by atoms with Crippen molar-refractivity contribution < 1.29 is 4.39 Å². The largest absolute Gasteiger partial charge is 0.308 e. The summed E-state index contributed by atoms with van der Waals surface area (Å²) in [7, 11) is 1.79. The summed E-state index contributed by atoms with van der Waals surface area (Å²) in [5.41, 5.74) is 1.99. The van der Waals surface area contributed by atoms with Gasteiger partial charge < -0.3 is 5.32 Å². The monoisotopic (exact) mass is 295 g/mol. The minimum absolute atomic E-state index is 0.154. The van der Waals surface area contributed by atoms with Crippen LogP contribution in [-0.4, -0.2) is 16.8 Å². The van der Waals surface area contributed by atoms with Gasteiger partial charge in [0.1, 0.15) is 5.82 Å². The van der Waals surface area contributed by atoms with Gasteiger partial charge in [-0.3, -0.25) is 4.68 Å². The van der Waals surface area contributed by atoms with Crippen molar-refractivity contribution in [2.45, 2.75) is 32.9 Å². The zero-order valence-electron chi connectivity index (χ0n) is 12.1. The van der Waals surface area contributed by atoms with Crippen LogP contribution in [0.15, 0.2) is 24.4 Å². The standard InChI is InChI=1S/C15H19ClFN3/c1-9(2)20-15(12(16)8-19-20)14(18-4)11-7-5-6-10(3)13(11)17/h5-9,14,18H,1-4H3. The van der Waals surface area contributed by atoms with Crippen molar-refractivity contribution in [3.8, 4) is 0 Å². The highest BCUT2D eigenvalue weighted by molar-refractivity contribution is 6.31. The predicted molar refractivity (Wildman–Crippen MR) is 79.7 cm³/mol. The SMILES string of the molecule is CNC(c1cccc(C)c1F)c1c(Cl)cnn1C(C)C. The lowest BCUT2D eigenvalue weighted by molar-refractivity contribution is 0.475. The van der Waals surface area contributed by atoms with Crippen molar-refractivity contribution >= 4 is 11.6 Å². The topological polar surface area (TPSA) is 29.9 Å². The number of rotatable bonds is 4. The molecule has 0 aliphatic carbocycles. The summed E-state index contributed by atoms with van der Waals surface area (Å²) in [5.74, 6) is -0.209. The number of hydrogen-bond donors (Lipinski definition) is 1. The molecule has 1 N–H and O–H groups in total. The van der Waals surface area contributed by atoms with E-state index in [4.69, 9.17) is 11.6 Å². The molecule has 0 bridgehead atoms. The number of aryl methyl sites for hydroxylation is 1. The van der Waals surface area contributed by atoms with Crippen LogP contribution in [0.2, 0.25) is 5.02 Å². The fourth-order valence-electron chi connectivity index (χ4n) is 2.36. The molecule has 20 heavy (non-hydrogen) atoms. The number of hydrogen-bond acceptors (Lipinski definition) is 2. The lowest BCUT2D eigenvalue weighted by Crippen LogP contribution is -2.24. The summed E-state index contributed by atoms with van der Waals surface area (Å²) < 4.78 is 16.2. The first-order valence-electron chi connectivity index (χ1n) is 6.62. The van der Waals surface area contributed by atoms with Crippen molar-refractivity contribution in [3.05, 3.63) is 52.1 Å². The second-order valence-electron chi connectivity index (χ2n) is 5.12. The van der Waals surface area contributed by atoms with Gasteiger partial charge in [-0.2, -0.15) is 5.10 Å². The van der Waals surface area contributed by atoms with E-state index >= 15 is 0 Å². The molecule has 2 aromatic rings. The molecule has 5 heteroatoms. The average molecular weight is 296 g/mol. The van der Waals surface area contributed by atoms with Crippen LogP contribution >= 0.6 is 11.6 Å². The van der Waals surface area contributed by atoms with Crippen molar-refractivity contribution in [2.75, 3.05) is 7.05 Å². The highest BCUT2D eigenvalue weighted by Gasteiger charge is 2.24. The lowest BCUT2D eigenvalue weighted by Gasteiger charge is -2.22. The lowest BCUT2D eigenvalue weighted by atomic mass is 10.0. The first-order valence-corrected chi connectivity index (χ1v) is 7.00. The molecule has 0 amide bonds. The highest BCUT2D eigenvalue weighted by Crippen LogP contribution is 2.31. The molecule has 2 rings (SSSR count). The van der Waals surface area contributed by atoms with Crippen LogP contribution in [0.4, 0.5) is 4.39 Å². The van der Waals surface area contributed by atoms with E-state index in [1.807, 2.05) is 24.6 Å². The Hall–Kier alpha value is -1.39. The summed E-state index contributed by atoms with van der Waals surface area (Å²) in [6.45, 7) is 5.80. The van der Waals surface area contributed by atoms with Gasteiger partial charge in [-0.15, -0.1) is 0 Å². The number of benzene rings is 1. The van der Waals surface area contributed by atoms with Crippen molar-refractivity contribution in [1.82, 2.24) is 15.1 Å². The first-order chi connectivity index (χ1) is 9.47. The van der Waals surface area contributed by atoms with Crippen LogP contribution in [0.3, 0.4) is 0 Å². The Bertz CT molecular complexity index is 607. The second kappa shape index (κ2) is 5.94. The summed E-state index contributed by atoms with van der Waals surface area (Å²) in [4.78, 5) is 0. The average Bonchev–Trinajstić information content (AvgIpc) is 2.78. The van der Waals surface area contributed by atoms with Crippen molar-refractivity contribution in [3.63, 3.8) is 0 Å². The van der Waals surface area contributed by atoms with Gasteiger partial charge in [-0.25, -0.2) is 4.39 Å². The number of nitrogens with one attached hydrogen (secondary N) is 1. The minimum atomic E-state index is -0.327. The Morgan fingerprint density at radius 1 is 1.35 bits per heavy atom. The van der Waals surface area contributed by atoms with Crippen LogP contribution in [0, 0.1) is 12.7 Å². The second-order valence-corrected chi connectivity index (χ2v) is 5.52. The Balaban J connectivity index is 2.58. The van der Waals surface area contributed by atoms with Crippen molar-refractivity contribution in [1.29, 1.82) is 0 Å². The normalized spacial score (nSPS) is 12.9. The Morgan fingerprint density at radius 2 is 2.05 bits per heavy atom. The fraction of sp³-hybridized carbons (Fsp3) is 0.400. The molecule has 0 radical (unpaired) electrons. The maximum atomic E-state index is 14.4. The van der Waals surface area contributed by atoms with E-state index in [0.717, 1.165) is 5.69 Å². The van der Waals surface area contributed by atoms with E-state index in [1.54, 1.807) is 32.3 Å². The summed E-state index contributed by atoms with van der Waals surface area (Å²) >= 11 is 6.26. The van der Waals surface area contributed by atoms with E-state index in [2.05, 4.69) is 10.4 Å². The number of aromatic nitrogens is 2. The van der Waals surface area contributed by atoms with Crippen LogP contribution in [0.25, 0.3) is 0 Å². The third kappa shape index (κ3) is 2.58. The molecule has 1 unspecified atom stereocenters. The quantitative estimate of drug-likeness (QED) is 0.928.